The maximum absolute atomic E-state index is 12.8. The van der Waals surface area contributed by atoms with E-state index in [1.54, 1.807) is 29.1 Å². The van der Waals surface area contributed by atoms with Crippen molar-refractivity contribution in [1.82, 2.24) is 24.5 Å². The number of anilines is 1. The third kappa shape index (κ3) is 3.84. The molecule has 1 N–H and O–H groups in total. The predicted octanol–water partition coefficient (Wildman–Crippen LogP) is 2.91. The monoisotopic (exact) mass is 402 g/mol. The number of pyridine rings is 1. The Morgan fingerprint density at radius 1 is 1.10 bits per heavy atom. The zero-order chi connectivity index (χ0) is 21.3. The normalized spacial score (nSPS) is 11.6. The van der Waals surface area contributed by atoms with Crippen LogP contribution in [0.25, 0.3) is 16.7 Å². The summed E-state index contributed by atoms with van der Waals surface area (Å²) in [4.78, 5) is 29.2. The molecule has 0 spiro atoms. The van der Waals surface area contributed by atoms with Gasteiger partial charge in [-0.05, 0) is 24.3 Å². The zero-order valence-electron chi connectivity index (χ0n) is 17.0. The van der Waals surface area contributed by atoms with E-state index in [1.165, 1.54) is 10.9 Å². The predicted molar refractivity (Wildman–Crippen MR) is 115 cm³/mol. The molecule has 0 bridgehead atoms. The summed E-state index contributed by atoms with van der Waals surface area (Å²) in [6.07, 6.45) is 2.90. The Morgan fingerprint density at radius 3 is 2.60 bits per heavy atom. The van der Waals surface area contributed by atoms with E-state index in [1.807, 2.05) is 30.3 Å². The van der Waals surface area contributed by atoms with E-state index in [-0.39, 0.29) is 23.3 Å². The van der Waals surface area contributed by atoms with Gasteiger partial charge >= 0.3 is 0 Å². The van der Waals surface area contributed by atoms with Crippen LogP contribution in [-0.2, 0) is 16.8 Å². The van der Waals surface area contributed by atoms with Crippen LogP contribution in [0.1, 0.15) is 26.5 Å². The molecule has 0 fully saturated rings. The maximum atomic E-state index is 12.8. The molecule has 0 aliphatic rings. The molecule has 0 saturated carbocycles. The van der Waals surface area contributed by atoms with Crippen molar-refractivity contribution in [2.24, 2.45) is 0 Å². The van der Waals surface area contributed by atoms with Gasteiger partial charge in [-0.25, -0.2) is 4.98 Å². The van der Waals surface area contributed by atoms with Crippen molar-refractivity contribution in [3.63, 3.8) is 0 Å². The van der Waals surface area contributed by atoms with Gasteiger partial charge in [-0.3, -0.25) is 14.3 Å². The summed E-state index contributed by atoms with van der Waals surface area (Å²) in [5.74, 6) is 0.845. The van der Waals surface area contributed by atoms with E-state index in [0.717, 1.165) is 5.69 Å². The molecule has 0 saturated heterocycles. The van der Waals surface area contributed by atoms with Crippen LogP contribution in [0.5, 0.6) is 0 Å². The van der Waals surface area contributed by atoms with Crippen LogP contribution in [0, 0.1) is 0 Å². The highest BCUT2D eigenvalue weighted by Crippen LogP contribution is 2.25. The smallest absolute Gasteiger partial charge is 0.247 e. The molecule has 0 unspecified atom stereocenters. The van der Waals surface area contributed by atoms with Crippen LogP contribution in [0.4, 0.5) is 5.82 Å². The van der Waals surface area contributed by atoms with Crippen LogP contribution >= 0.6 is 0 Å². The topological polar surface area (TPSA) is 94.7 Å². The van der Waals surface area contributed by atoms with Gasteiger partial charge in [-0.1, -0.05) is 39.0 Å². The molecule has 3 heterocycles. The molecule has 8 nitrogen and oxygen atoms in total. The number of nitrogens with one attached hydrogen (secondary N) is 1. The van der Waals surface area contributed by atoms with Crippen LogP contribution in [-0.4, -0.2) is 30.5 Å². The second kappa shape index (κ2) is 7.55. The van der Waals surface area contributed by atoms with E-state index >= 15 is 0 Å². The largest absolute Gasteiger partial charge is 0.309 e. The van der Waals surface area contributed by atoms with Crippen molar-refractivity contribution in [3.8, 4) is 5.82 Å². The molecule has 30 heavy (non-hydrogen) atoms. The van der Waals surface area contributed by atoms with Crippen LogP contribution < -0.4 is 10.7 Å². The number of aromatic nitrogens is 5. The maximum Gasteiger partial charge on any atom is 0.247 e. The average molecular weight is 402 g/mol. The molecule has 0 atom stereocenters. The fraction of sp³-hybridized carbons (Fsp3) is 0.227. The summed E-state index contributed by atoms with van der Waals surface area (Å²) in [5, 5.41) is 12.2. The number of hydrogen-bond donors (Lipinski definition) is 1. The Hall–Kier alpha value is -3.81. The van der Waals surface area contributed by atoms with Crippen molar-refractivity contribution in [3.05, 3.63) is 76.8 Å². The van der Waals surface area contributed by atoms with Gasteiger partial charge in [0, 0.05) is 23.1 Å². The Balaban J connectivity index is 1.66. The van der Waals surface area contributed by atoms with E-state index < -0.39 is 0 Å². The summed E-state index contributed by atoms with van der Waals surface area (Å²) >= 11 is 0. The van der Waals surface area contributed by atoms with Gasteiger partial charge < -0.3 is 5.32 Å². The number of carbonyl (C=O) groups excluding carboxylic acids is 1. The second-order valence-corrected chi connectivity index (χ2v) is 8.00. The van der Waals surface area contributed by atoms with E-state index in [2.05, 4.69) is 41.3 Å². The summed E-state index contributed by atoms with van der Waals surface area (Å²) < 4.78 is 3.13. The van der Waals surface area contributed by atoms with Crippen molar-refractivity contribution in [1.29, 1.82) is 0 Å². The Morgan fingerprint density at radius 2 is 1.87 bits per heavy atom. The Bertz CT molecular complexity index is 1270. The molecule has 4 aromatic rings. The highest BCUT2D eigenvalue weighted by atomic mass is 16.2. The van der Waals surface area contributed by atoms with Crippen LogP contribution in [0.15, 0.2) is 65.7 Å². The number of benzene rings is 1. The number of fused-ring (bicyclic) bond motifs is 1. The summed E-state index contributed by atoms with van der Waals surface area (Å²) in [6.45, 7) is 6.12. The lowest BCUT2D eigenvalue weighted by Crippen LogP contribution is -2.23. The fourth-order valence-electron chi connectivity index (χ4n) is 3.10. The third-order valence-corrected chi connectivity index (χ3v) is 4.67. The molecular weight excluding hydrogens is 380 g/mol. The minimum Gasteiger partial charge on any atom is -0.309 e. The first-order valence-electron chi connectivity index (χ1n) is 9.59. The summed E-state index contributed by atoms with van der Waals surface area (Å²) in [7, 11) is 0. The quantitative estimate of drug-likeness (QED) is 0.566. The number of hydrogen-bond acceptors (Lipinski definition) is 5. The first-order valence-corrected chi connectivity index (χ1v) is 9.59. The number of nitrogens with zero attached hydrogens (tertiary/aromatic N) is 5. The number of amides is 1. The standard InChI is InChI=1S/C22H22N6O2/c1-22(2,3)18-12-20(28(26-18)19-10-6-7-11-23-19)25-21(30)14-27-16-9-5-4-8-15(16)17(29)13-24-27/h4-13H,14H2,1-3H3,(H,25,30). The molecule has 1 amide bonds. The summed E-state index contributed by atoms with van der Waals surface area (Å²) in [5.41, 5.74) is 1.06. The molecule has 0 aliphatic heterocycles. The first-order chi connectivity index (χ1) is 14.3. The van der Waals surface area contributed by atoms with Crippen molar-refractivity contribution < 1.29 is 4.79 Å². The molecule has 0 aliphatic carbocycles. The zero-order valence-corrected chi connectivity index (χ0v) is 17.0. The van der Waals surface area contributed by atoms with Gasteiger partial charge in [0.05, 0.1) is 17.4 Å². The molecule has 3 aromatic heterocycles. The van der Waals surface area contributed by atoms with Gasteiger partial charge in [0.15, 0.2) is 5.82 Å². The molecule has 4 rings (SSSR count). The fourth-order valence-corrected chi connectivity index (χ4v) is 3.10. The molecule has 1 aromatic carbocycles. The second-order valence-electron chi connectivity index (χ2n) is 8.00. The Labute approximate surface area is 173 Å². The van der Waals surface area contributed by atoms with Gasteiger partial charge in [0.1, 0.15) is 12.4 Å². The van der Waals surface area contributed by atoms with Crippen LogP contribution in [0.2, 0.25) is 0 Å². The van der Waals surface area contributed by atoms with Crippen LogP contribution in [0.3, 0.4) is 0 Å². The molecule has 0 radical (unpaired) electrons. The van der Waals surface area contributed by atoms with Crippen molar-refractivity contribution in [2.75, 3.05) is 5.32 Å². The first kappa shape index (κ1) is 19.5. The van der Waals surface area contributed by atoms with Gasteiger partial charge in [-0.2, -0.15) is 14.9 Å². The number of rotatable bonds is 4. The Kier molecular flexibility index (Phi) is 4.91. The van der Waals surface area contributed by atoms with Gasteiger partial charge in [0.2, 0.25) is 11.3 Å². The number of para-hydroxylation sites is 1. The third-order valence-electron chi connectivity index (χ3n) is 4.67. The average Bonchev–Trinajstić information content (AvgIpc) is 3.15. The van der Waals surface area contributed by atoms with E-state index in [0.29, 0.717) is 22.5 Å². The lowest BCUT2D eigenvalue weighted by molar-refractivity contribution is -0.116. The highest BCUT2D eigenvalue weighted by molar-refractivity contribution is 5.91. The minimum atomic E-state index is -0.283. The lowest BCUT2D eigenvalue weighted by Gasteiger charge is -2.13. The number of carbonyl (C=O) groups is 1. The SMILES string of the molecule is CC(C)(C)c1cc(NC(=O)Cn2ncc(=O)c3ccccc32)n(-c2ccccn2)n1. The van der Waals surface area contributed by atoms with E-state index in [4.69, 9.17) is 0 Å². The highest BCUT2D eigenvalue weighted by Gasteiger charge is 2.22. The molecule has 152 valence electrons. The van der Waals surface area contributed by atoms with Crippen molar-refractivity contribution in [2.45, 2.75) is 32.7 Å². The lowest BCUT2D eigenvalue weighted by atomic mass is 9.92. The van der Waals surface area contributed by atoms with E-state index in [9.17, 15) is 9.59 Å². The van der Waals surface area contributed by atoms with Crippen molar-refractivity contribution >= 4 is 22.6 Å². The molecular formula is C22H22N6O2. The van der Waals surface area contributed by atoms with Gasteiger partial charge in [-0.15, -0.1) is 0 Å². The van der Waals surface area contributed by atoms with Gasteiger partial charge in [0.25, 0.3) is 0 Å². The minimum absolute atomic E-state index is 0.0426. The summed E-state index contributed by atoms with van der Waals surface area (Å²) in [6, 6.07) is 14.4. The molecule has 8 heteroatoms.